The van der Waals surface area contributed by atoms with Crippen LogP contribution in [0, 0.1) is 12.8 Å². The monoisotopic (exact) mass is 204 g/mol. The number of halogens is 2. The number of rotatable bonds is 0. The van der Waals surface area contributed by atoms with E-state index in [1.807, 2.05) is 40.5 Å². The van der Waals surface area contributed by atoms with E-state index in [9.17, 15) is 0 Å². The quantitative estimate of drug-likeness (QED) is 0.278. The molecule has 0 atom stereocenters. The Kier molecular flexibility index (Phi) is 269. The minimum Gasteiger partial charge on any atom is -1.00 e. The molecule has 0 aromatic carbocycles. The van der Waals surface area contributed by atoms with E-state index in [-0.39, 0.29) is 70.9 Å². The third-order valence-electron chi connectivity index (χ3n) is 0. The molecule has 56 valence electrons. The van der Waals surface area contributed by atoms with Gasteiger partial charge in [0.15, 0.2) is 0 Å². The van der Waals surface area contributed by atoms with Crippen molar-refractivity contribution in [1.82, 2.24) is 0 Å². The molecule has 0 amide bonds. The molecule has 0 bridgehead atoms. The molecule has 0 aromatic rings. The van der Waals surface area contributed by atoms with Crippen LogP contribution in [0.3, 0.4) is 0 Å². The van der Waals surface area contributed by atoms with E-state index in [4.69, 9.17) is 0 Å². The van der Waals surface area contributed by atoms with Crippen LogP contribution in [0.2, 0.25) is 0 Å². The van der Waals surface area contributed by atoms with Crippen molar-refractivity contribution in [2.45, 2.75) is 27.7 Å². The standard InChI is InChI=1S/2C3H7.2ClH.2Mg/c2*1-3-2;;;;/h2*3H,1-2H3;2*1H;;/q2*-1;;;2*+2/p-2. The Labute approximate surface area is 110 Å². The molecule has 4 heteroatoms. The van der Waals surface area contributed by atoms with Gasteiger partial charge in [-0.2, -0.15) is 27.7 Å². The molecule has 0 saturated heterocycles. The van der Waals surface area contributed by atoms with E-state index in [1.165, 1.54) is 0 Å². The SMILES string of the molecule is C[CH-]C.C[CH-]C.[Cl-].[Cl-].[Mg+2].[Mg+2]. The molecule has 0 unspecified atom stereocenters. The van der Waals surface area contributed by atoms with Crippen molar-refractivity contribution in [3.63, 3.8) is 0 Å². The summed E-state index contributed by atoms with van der Waals surface area (Å²) in [6.45, 7) is 8.00. The Balaban J connectivity index is -0.00000000571. The van der Waals surface area contributed by atoms with Crippen LogP contribution in [0.5, 0.6) is 0 Å². The first-order valence-electron chi connectivity index (χ1n) is 2.31. The molecule has 10 heavy (non-hydrogen) atoms. The van der Waals surface area contributed by atoms with E-state index in [0.29, 0.717) is 0 Å². The Bertz CT molecular complexity index is 15.7. The van der Waals surface area contributed by atoms with E-state index in [1.54, 1.807) is 0 Å². The van der Waals surface area contributed by atoms with Crippen LogP contribution < -0.4 is 24.8 Å². The van der Waals surface area contributed by atoms with Gasteiger partial charge in [-0.1, -0.05) is 0 Å². The fourth-order valence-corrected chi connectivity index (χ4v) is 0. The summed E-state index contributed by atoms with van der Waals surface area (Å²) in [6.07, 6.45) is 4.00. The summed E-state index contributed by atoms with van der Waals surface area (Å²) in [5, 5.41) is 0. The van der Waals surface area contributed by atoms with Crippen LogP contribution >= 0.6 is 0 Å². The van der Waals surface area contributed by atoms with Crippen LogP contribution in [0.25, 0.3) is 0 Å². The molecule has 0 rings (SSSR count). The molecule has 0 aromatic heterocycles. The Morgan fingerprint density at radius 1 is 0.600 bits per heavy atom. The van der Waals surface area contributed by atoms with Crippen molar-refractivity contribution in [1.29, 1.82) is 0 Å². The molecular weight excluding hydrogens is 192 g/mol. The summed E-state index contributed by atoms with van der Waals surface area (Å²) in [6, 6.07) is 0. The fraction of sp³-hybridized carbons (Fsp3) is 0.667. The van der Waals surface area contributed by atoms with Crippen molar-refractivity contribution in [2.75, 3.05) is 0 Å². The zero-order chi connectivity index (χ0) is 5.41. The number of hydrogen-bond donors (Lipinski definition) is 0. The average Bonchev–Trinajstić information content (AvgIpc) is 1.39. The molecule has 0 fully saturated rings. The maximum Gasteiger partial charge on any atom is 2.00 e. The van der Waals surface area contributed by atoms with Crippen LogP contribution in [0.1, 0.15) is 27.7 Å². The minimum absolute atomic E-state index is 0. The largest absolute Gasteiger partial charge is 2.00 e. The van der Waals surface area contributed by atoms with E-state index in [0.717, 1.165) is 0 Å². The molecule has 0 N–H and O–H groups in total. The molecule has 0 saturated carbocycles. The second-order valence-corrected chi connectivity index (χ2v) is 1.15. The normalized spacial score (nSPS) is 3.60. The van der Waals surface area contributed by atoms with Crippen LogP contribution in [0.15, 0.2) is 0 Å². The maximum atomic E-state index is 2.00. The third kappa shape index (κ3) is 188. The van der Waals surface area contributed by atoms with Gasteiger partial charge < -0.3 is 37.7 Å². The zero-order valence-electron chi connectivity index (χ0n) is 7.32. The van der Waals surface area contributed by atoms with Crippen molar-refractivity contribution in [2.24, 2.45) is 0 Å². The summed E-state index contributed by atoms with van der Waals surface area (Å²) < 4.78 is 0. The van der Waals surface area contributed by atoms with Gasteiger partial charge in [-0.3, -0.25) is 0 Å². The van der Waals surface area contributed by atoms with Crippen molar-refractivity contribution in [3.05, 3.63) is 12.8 Å². The summed E-state index contributed by atoms with van der Waals surface area (Å²) in [7, 11) is 0. The average molecular weight is 206 g/mol. The smallest absolute Gasteiger partial charge is 1.00 e. The predicted octanol–water partition coefficient (Wildman–Crippen LogP) is -4.29. The van der Waals surface area contributed by atoms with Crippen LogP contribution in [-0.4, -0.2) is 46.1 Å². The summed E-state index contributed by atoms with van der Waals surface area (Å²) >= 11 is 0. The second kappa shape index (κ2) is 67.2. The zero-order valence-corrected chi connectivity index (χ0v) is 11.7. The summed E-state index contributed by atoms with van der Waals surface area (Å²) in [4.78, 5) is 0. The van der Waals surface area contributed by atoms with E-state index in [2.05, 4.69) is 0 Å². The molecule has 0 spiro atoms. The topological polar surface area (TPSA) is 0 Å². The van der Waals surface area contributed by atoms with Gasteiger partial charge in [-0.15, -0.1) is 0 Å². The molecule has 0 heterocycles. The van der Waals surface area contributed by atoms with Crippen molar-refractivity contribution in [3.8, 4) is 0 Å². The van der Waals surface area contributed by atoms with Crippen molar-refractivity contribution < 1.29 is 24.8 Å². The molecule has 0 aliphatic heterocycles. The maximum absolute atomic E-state index is 2.00. The van der Waals surface area contributed by atoms with Crippen LogP contribution in [-0.2, 0) is 0 Å². The van der Waals surface area contributed by atoms with Gasteiger partial charge in [0.25, 0.3) is 0 Å². The van der Waals surface area contributed by atoms with Crippen molar-refractivity contribution >= 4 is 46.1 Å². The van der Waals surface area contributed by atoms with Gasteiger partial charge in [0.05, 0.1) is 0 Å². The first-order valence-corrected chi connectivity index (χ1v) is 2.31. The van der Waals surface area contributed by atoms with Gasteiger partial charge in [0, 0.05) is 0 Å². The first kappa shape index (κ1) is 40.0. The van der Waals surface area contributed by atoms with Gasteiger partial charge in [-0.25, -0.2) is 0 Å². The Morgan fingerprint density at radius 2 is 0.600 bits per heavy atom. The molecule has 0 aliphatic carbocycles. The van der Waals surface area contributed by atoms with Gasteiger partial charge in [-0.05, 0) is 0 Å². The summed E-state index contributed by atoms with van der Waals surface area (Å²) in [5.41, 5.74) is 0. The third-order valence-corrected chi connectivity index (χ3v) is 0. The molecular formula is C6H14Cl2Mg2. The fourth-order valence-electron chi connectivity index (χ4n) is 0. The summed E-state index contributed by atoms with van der Waals surface area (Å²) in [5.74, 6) is 0. The van der Waals surface area contributed by atoms with E-state index >= 15 is 0 Å². The number of hydrogen-bond acceptors (Lipinski definition) is 0. The van der Waals surface area contributed by atoms with Gasteiger partial charge in [0.2, 0.25) is 0 Å². The molecule has 0 radical (unpaired) electrons. The van der Waals surface area contributed by atoms with Crippen LogP contribution in [0.4, 0.5) is 0 Å². The molecule has 0 nitrogen and oxygen atoms in total. The van der Waals surface area contributed by atoms with E-state index < -0.39 is 0 Å². The minimum atomic E-state index is 0. The van der Waals surface area contributed by atoms with Gasteiger partial charge >= 0.3 is 46.1 Å². The second-order valence-electron chi connectivity index (χ2n) is 1.15. The Hall–Kier alpha value is 2.11. The molecule has 0 aliphatic rings. The predicted molar refractivity (Wildman–Crippen MR) is 42.8 cm³/mol. The first-order chi connectivity index (χ1) is 2.83. The van der Waals surface area contributed by atoms with Gasteiger partial charge in [0.1, 0.15) is 0 Å². The Morgan fingerprint density at radius 3 is 0.600 bits per heavy atom.